The number of pyridine rings is 1. The maximum Gasteiger partial charge on any atom is 0.256 e. The molecule has 0 saturated heterocycles. The standard InChI is InChI=1S/C22H21FN2O3S/c1-14-11-20(19-10-9-15(23)12-21(19)24-14)22(26)25-16-5-4-8-18(13-16)29(27,28)17-6-2-3-7-17/h4-5,8-13,17H,2-3,6-7H2,1H3,(H,25,26). The zero-order valence-corrected chi connectivity index (χ0v) is 16.8. The number of hydrogen-bond acceptors (Lipinski definition) is 4. The highest BCUT2D eigenvalue weighted by Gasteiger charge is 2.30. The number of sulfone groups is 1. The number of nitrogens with zero attached hydrogens (tertiary/aromatic N) is 1. The fraction of sp³-hybridized carbons (Fsp3) is 0.273. The van der Waals surface area contributed by atoms with E-state index < -0.39 is 21.6 Å². The van der Waals surface area contributed by atoms with E-state index in [0.29, 0.717) is 40.7 Å². The lowest BCUT2D eigenvalue weighted by Gasteiger charge is -2.13. The molecule has 3 aromatic rings. The topological polar surface area (TPSA) is 76.1 Å². The van der Waals surface area contributed by atoms with Gasteiger partial charge in [-0.15, -0.1) is 0 Å². The smallest absolute Gasteiger partial charge is 0.256 e. The molecule has 2 aromatic carbocycles. The fourth-order valence-corrected chi connectivity index (χ4v) is 5.76. The van der Waals surface area contributed by atoms with E-state index in [1.54, 1.807) is 31.2 Å². The molecular weight excluding hydrogens is 391 g/mol. The normalized spacial score (nSPS) is 15.0. The average molecular weight is 412 g/mol. The summed E-state index contributed by atoms with van der Waals surface area (Å²) < 4.78 is 39.2. The predicted molar refractivity (Wildman–Crippen MR) is 110 cm³/mol. The number of benzene rings is 2. The summed E-state index contributed by atoms with van der Waals surface area (Å²) in [4.78, 5) is 17.4. The molecule has 5 nitrogen and oxygen atoms in total. The van der Waals surface area contributed by atoms with Crippen molar-refractivity contribution in [3.63, 3.8) is 0 Å². The number of rotatable bonds is 4. The van der Waals surface area contributed by atoms with Crippen LogP contribution in [0.2, 0.25) is 0 Å². The van der Waals surface area contributed by atoms with Gasteiger partial charge in [-0.3, -0.25) is 9.78 Å². The van der Waals surface area contributed by atoms with Crippen molar-refractivity contribution in [2.75, 3.05) is 5.32 Å². The molecule has 0 unspecified atom stereocenters. The molecule has 1 amide bonds. The first-order valence-electron chi connectivity index (χ1n) is 9.57. The van der Waals surface area contributed by atoms with Crippen molar-refractivity contribution in [2.24, 2.45) is 0 Å². The molecule has 150 valence electrons. The Bertz CT molecular complexity index is 1200. The van der Waals surface area contributed by atoms with E-state index in [1.165, 1.54) is 24.3 Å². The van der Waals surface area contributed by atoms with Crippen molar-refractivity contribution in [1.82, 2.24) is 4.98 Å². The van der Waals surface area contributed by atoms with Crippen LogP contribution < -0.4 is 5.32 Å². The number of carbonyl (C=O) groups excluding carboxylic acids is 1. The average Bonchev–Trinajstić information content (AvgIpc) is 3.23. The number of carbonyl (C=O) groups is 1. The number of aromatic nitrogens is 1. The maximum atomic E-state index is 13.5. The number of aryl methyl sites for hydroxylation is 1. The highest BCUT2D eigenvalue weighted by molar-refractivity contribution is 7.92. The monoisotopic (exact) mass is 412 g/mol. The third kappa shape index (κ3) is 3.87. The second-order valence-corrected chi connectivity index (χ2v) is 9.63. The summed E-state index contributed by atoms with van der Waals surface area (Å²) >= 11 is 0. The first-order chi connectivity index (χ1) is 13.8. The Morgan fingerprint density at radius 2 is 1.86 bits per heavy atom. The lowest BCUT2D eigenvalue weighted by molar-refractivity contribution is 0.102. The minimum Gasteiger partial charge on any atom is -0.322 e. The summed E-state index contributed by atoms with van der Waals surface area (Å²) in [6, 6.07) is 12.1. The Morgan fingerprint density at radius 1 is 1.10 bits per heavy atom. The molecule has 1 aliphatic rings. The molecule has 0 spiro atoms. The van der Waals surface area contributed by atoms with Crippen molar-refractivity contribution in [2.45, 2.75) is 42.8 Å². The van der Waals surface area contributed by atoms with Crippen LogP contribution >= 0.6 is 0 Å². The summed E-state index contributed by atoms with van der Waals surface area (Å²) in [5, 5.41) is 2.95. The molecule has 0 aliphatic heterocycles. The first-order valence-corrected chi connectivity index (χ1v) is 11.1. The molecule has 0 radical (unpaired) electrons. The van der Waals surface area contributed by atoms with E-state index in [4.69, 9.17) is 0 Å². The molecule has 1 saturated carbocycles. The number of hydrogen-bond donors (Lipinski definition) is 1. The van der Waals surface area contributed by atoms with Gasteiger partial charge in [-0.25, -0.2) is 12.8 Å². The van der Waals surface area contributed by atoms with Crippen LogP contribution in [0.15, 0.2) is 53.4 Å². The van der Waals surface area contributed by atoms with Gasteiger partial charge in [0.05, 0.1) is 21.2 Å². The van der Waals surface area contributed by atoms with Gasteiger partial charge in [-0.2, -0.15) is 0 Å². The van der Waals surface area contributed by atoms with E-state index >= 15 is 0 Å². The predicted octanol–water partition coefficient (Wildman–Crippen LogP) is 4.65. The van der Waals surface area contributed by atoms with Gasteiger partial charge in [-0.05, 0) is 56.2 Å². The van der Waals surface area contributed by atoms with Gasteiger partial charge in [-0.1, -0.05) is 18.9 Å². The largest absolute Gasteiger partial charge is 0.322 e. The summed E-state index contributed by atoms with van der Waals surface area (Å²) in [7, 11) is -3.41. The summed E-state index contributed by atoms with van der Waals surface area (Å²) in [5.74, 6) is -0.825. The van der Waals surface area contributed by atoms with Crippen LogP contribution in [0.3, 0.4) is 0 Å². The van der Waals surface area contributed by atoms with E-state index in [1.807, 2.05) is 0 Å². The Hall–Kier alpha value is -2.80. The number of anilines is 1. The van der Waals surface area contributed by atoms with Crippen molar-refractivity contribution in [1.29, 1.82) is 0 Å². The molecular formula is C22H21FN2O3S. The Kier molecular flexibility index (Phi) is 5.08. The van der Waals surface area contributed by atoms with Crippen molar-refractivity contribution in [3.8, 4) is 0 Å². The van der Waals surface area contributed by atoms with Crippen LogP contribution in [0, 0.1) is 12.7 Å². The highest BCUT2D eigenvalue weighted by Crippen LogP contribution is 2.30. The molecule has 1 N–H and O–H groups in total. The van der Waals surface area contributed by atoms with Crippen LogP contribution in [0.4, 0.5) is 10.1 Å². The molecule has 1 aromatic heterocycles. The highest BCUT2D eigenvalue weighted by atomic mass is 32.2. The minimum atomic E-state index is -3.41. The lowest BCUT2D eigenvalue weighted by Crippen LogP contribution is -2.18. The van der Waals surface area contributed by atoms with Crippen molar-refractivity contribution >= 4 is 32.3 Å². The van der Waals surface area contributed by atoms with Crippen molar-refractivity contribution in [3.05, 3.63) is 65.6 Å². The molecule has 1 heterocycles. The van der Waals surface area contributed by atoms with Crippen molar-refractivity contribution < 1.29 is 17.6 Å². The molecule has 1 fully saturated rings. The van der Waals surface area contributed by atoms with E-state index in [2.05, 4.69) is 10.3 Å². The molecule has 0 atom stereocenters. The van der Waals surface area contributed by atoms with Crippen LogP contribution in [0.25, 0.3) is 10.9 Å². The van der Waals surface area contributed by atoms with Gasteiger partial charge in [0.1, 0.15) is 5.82 Å². The summed E-state index contributed by atoms with van der Waals surface area (Å²) in [6.45, 7) is 1.73. The second-order valence-electron chi connectivity index (χ2n) is 7.41. The number of halogens is 1. The fourth-order valence-electron chi connectivity index (χ4n) is 3.86. The SMILES string of the molecule is Cc1cc(C(=O)Nc2cccc(S(=O)(=O)C3CCCC3)c2)c2ccc(F)cc2n1. The molecule has 0 bridgehead atoms. The zero-order chi connectivity index (χ0) is 20.6. The minimum absolute atomic E-state index is 0.222. The Morgan fingerprint density at radius 3 is 2.62 bits per heavy atom. The zero-order valence-electron chi connectivity index (χ0n) is 16.0. The van der Waals surface area contributed by atoms with Gasteiger partial charge in [0.25, 0.3) is 5.91 Å². The number of fused-ring (bicyclic) bond motifs is 1. The summed E-state index contributed by atoms with van der Waals surface area (Å²) in [5.41, 5.74) is 1.74. The van der Waals surface area contributed by atoms with Crippen LogP contribution in [-0.4, -0.2) is 24.6 Å². The van der Waals surface area contributed by atoms with E-state index in [9.17, 15) is 17.6 Å². The van der Waals surface area contributed by atoms with Crippen LogP contribution in [0.5, 0.6) is 0 Å². The van der Waals surface area contributed by atoms with Gasteiger partial charge < -0.3 is 5.32 Å². The molecule has 29 heavy (non-hydrogen) atoms. The Balaban J connectivity index is 1.65. The third-order valence-electron chi connectivity index (χ3n) is 5.31. The van der Waals surface area contributed by atoms with Crippen LogP contribution in [-0.2, 0) is 9.84 Å². The van der Waals surface area contributed by atoms with Gasteiger partial charge in [0.15, 0.2) is 9.84 Å². The van der Waals surface area contributed by atoms with Gasteiger partial charge in [0, 0.05) is 22.8 Å². The van der Waals surface area contributed by atoms with Gasteiger partial charge >= 0.3 is 0 Å². The quantitative estimate of drug-likeness (QED) is 0.677. The second kappa shape index (κ2) is 7.55. The lowest BCUT2D eigenvalue weighted by atomic mass is 10.1. The van der Waals surface area contributed by atoms with Gasteiger partial charge in [0.2, 0.25) is 0 Å². The number of nitrogens with one attached hydrogen (secondary N) is 1. The van der Waals surface area contributed by atoms with E-state index in [0.717, 1.165) is 12.8 Å². The molecule has 1 aliphatic carbocycles. The first kappa shape index (κ1) is 19.5. The molecule has 4 rings (SSSR count). The maximum absolute atomic E-state index is 13.5. The third-order valence-corrected chi connectivity index (χ3v) is 7.57. The Labute approximate surface area is 168 Å². The summed E-state index contributed by atoms with van der Waals surface area (Å²) in [6.07, 6.45) is 3.21. The number of amides is 1. The van der Waals surface area contributed by atoms with E-state index in [-0.39, 0.29) is 10.1 Å². The van der Waals surface area contributed by atoms with Crippen LogP contribution in [0.1, 0.15) is 41.7 Å². The molecule has 7 heteroatoms.